The molecule has 12 heteroatoms. The highest BCUT2D eigenvalue weighted by atomic mass is 19.4. The molecule has 0 saturated carbocycles. The number of aromatic nitrogens is 3. The summed E-state index contributed by atoms with van der Waals surface area (Å²) in [5.74, 6) is -1.26. The lowest BCUT2D eigenvalue weighted by Gasteiger charge is -2.28. The van der Waals surface area contributed by atoms with E-state index >= 15 is 0 Å². The Balaban J connectivity index is 1.60. The number of pyridine rings is 1. The Labute approximate surface area is 210 Å². The molecule has 0 fully saturated rings. The van der Waals surface area contributed by atoms with Crippen molar-refractivity contribution in [2.24, 2.45) is 5.92 Å². The Hall–Kier alpha value is -3.67. The van der Waals surface area contributed by atoms with Crippen LogP contribution < -0.4 is 10.6 Å². The van der Waals surface area contributed by atoms with Gasteiger partial charge in [-0.3, -0.25) is 10.3 Å². The van der Waals surface area contributed by atoms with Gasteiger partial charge in [0.1, 0.15) is 17.3 Å². The molecule has 0 unspecified atom stereocenters. The first-order chi connectivity index (χ1) is 17.4. The van der Waals surface area contributed by atoms with E-state index in [-0.39, 0.29) is 41.9 Å². The topological polar surface area (TPSA) is 89.8 Å². The van der Waals surface area contributed by atoms with Gasteiger partial charge in [-0.25, -0.2) is 23.7 Å². The molecule has 0 radical (unpaired) electrons. The van der Waals surface area contributed by atoms with Gasteiger partial charge in [-0.05, 0) is 29.7 Å². The number of hydrogen-bond donors (Lipinski definition) is 3. The number of anilines is 2. The zero-order chi connectivity index (χ0) is 26.9. The van der Waals surface area contributed by atoms with Crippen LogP contribution in [0.15, 0.2) is 47.6 Å². The van der Waals surface area contributed by atoms with Crippen molar-refractivity contribution >= 4 is 23.1 Å². The second-order valence-electron chi connectivity index (χ2n) is 9.09. The van der Waals surface area contributed by atoms with Gasteiger partial charge < -0.3 is 10.6 Å². The molecule has 3 heterocycles. The van der Waals surface area contributed by atoms with E-state index in [2.05, 4.69) is 25.6 Å². The summed E-state index contributed by atoms with van der Waals surface area (Å²) in [5.41, 5.74) is 1.97. The number of nitrogens with one attached hydrogen (secondary N) is 3. The molecule has 0 saturated heterocycles. The van der Waals surface area contributed by atoms with Crippen LogP contribution in [0.4, 0.5) is 33.7 Å². The number of halogens is 5. The number of allylic oxidation sites excluding steroid dienone is 6. The first-order valence-corrected chi connectivity index (χ1v) is 11.6. The fourth-order valence-electron chi connectivity index (χ4n) is 4.37. The summed E-state index contributed by atoms with van der Waals surface area (Å²) >= 11 is 0. The monoisotopic (exact) mass is 519 g/mol. The fourth-order valence-corrected chi connectivity index (χ4v) is 4.37. The molecule has 7 nitrogen and oxygen atoms in total. The maximum atomic E-state index is 14.7. The van der Waals surface area contributed by atoms with E-state index in [1.807, 2.05) is 13.8 Å². The predicted octanol–water partition coefficient (Wildman–Crippen LogP) is 5.07. The summed E-state index contributed by atoms with van der Waals surface area (Å²) in [5, 5.41) is 14.0. The third-order valence-electron chi connectivity index (χ3n) is 6.01. The highest BCUT2D eigenvalue weighted by Gasteiger charge is 2.32. The largest absolute Gasteiger partial charge is 0.401 e. The van der Waals surface area contributed by atoms with Gasteiger partial charge in [0, 0.05) is 49.1 Å². The van der Waals surface area contributed by atoms with Gasteiger partial charge in [0.15, 0.2) is 5.82 Å². The Kier molecular flexibility index (Phi) is 7.39. The predicted molar refractivity (Wildman–Crippen MR) is 130 cm³/mol. The quantitative estimate of drug-likeness (QED) is 0.462. The smallest absolute Gasteiger partial charge is 0.391 e. The van der Waals surface area contributed by atoms with Gasteiger partial charge in [-0.1, -0.05) is 19.9 Å². The van der Waals surface area contributed by atoms with Gasteiger partial charge in [-0.15, -0.1) is 0 Å². The minimum Gasteiger partial charge on any atom is -0.391 e. The van der Waals surface area contributed by atoms with E-state index in [1.54, 1.807) is 19.2 Å². The lowest BCUT2D eigenvalue weighted by molar-refractivity contribution is -0.147. The molecule has 3 N–H and O–H groups in total. The van der Waals surface area contributed by atoms with Gasteiger partial charge in [0.25, 0.3) is 0 Å². The summed E-state index contributed by atoms with van der Waals surface area (Å²) in [6, 6.07) is 3.28. The third-order valence-corrected chi connectivity index (χ3v) is 6.01. The molecule has 1 aliphatic carbocycles. The average molecular weight is 520 g/mol. The van der Waals surface area contributed by atoms with Crippen molar-refractivity contribution in [2.45, 2.75) is 33.0 Å². The maximum Gasteiger partial charge on any atom is 0.401 e. The lowest BCUT2D eigenvalue weighted by Crippen LogP contribution is -2.38. The molecule has 4 rings (SSSR count). The van der Waals surface area contributed by atoms with Crippen LogP contribution in [0.3, 0.4) is 0 Å². The Bertz CT molecular complexity index is 1310. The van der Waals surface area contributed by atoms with Crippen molar-refractivity contribution in [2.75, 3.05) is 25.5 Å². The van der Waals surface area contributed by atoms with Crippen LogP contribution in [-0.4, -0.2) is 51.9 Å². The minimum absolute atomic E-state index is 0.0111. The first-order valence-electron chi connectivity index (χ1n) is 11.6. The number of nitrogens with zero attached hydrogens (tertiary/aromatic N) is 4. The van der Waals surface area contributed by atoms with Crippen LogP contribution in [0.25, 0.3) is 5.57 Å². The van der Waals surface area contributed by atoms with Crippen LogP contribution in [0.2, 0.25) is 0 Å². The maximum absolute atomic E-state index is 14.7. The Morgan fingerprint density at radius 3 is 2.59 bits per heavy atom. The van der Waals surface area contributed by atoms with Crippen LogP contribution in [0.5, 0.6) is 0 Å². The van der Waals surface area contributed by atoms with E-state index in [0.29, 0.717) is 34.8 Å². The summed E-state index contributed by atoms with van der Waals surface area (Å²) in [7, 11) is 1.67. The first kappa shape index (κ1) is 26.4. The van der Waals surface area contributed by atoms with Gasteiger partial charge in [0.2, 0.25) is 5.95 Å². The molecule has 37 heavy (non-hydrogen) atoms. The van der Waals surface area contributed by atoms with Crippen LogP contribution in [-0.2, 0) is 13.0 Å². The lowest BCUT2D eigenvalue weighted by atomic mass is 9.92. The number of rotatable bonds is 6. The normalized spacial score (nSPS) is 17.8. The molecule has 2 aromatic heterocycles. The number of fused-ring (bicyclic) bond motifs is 1. The van der Waals surface area contributed by atoms with Crippen molar-refractivity contribution < 1.29 is 22.0 Å². The van der Waals surface area contributed by atoms with Gasteiger partial charge in [0.05, 0.1) is 18.5 Å². The van der Waals surface area contributed by atoms with E-state index in [1.165, 1.54) is 11.0 Å². The van der Waals surface area contributed by atoms with E-state index in [9.17, 15) is 22.0 Å². The molecule has 0 atom stereocenters. The van der Waals surface area contributed by atoms with E-state index in [0.717, 1.165) is 12.3 Å². The molecular formula is C25H26F5N7. The van der Waals surface area contributed by atoms with Crippen molar-refractivity contribution in [3.63, 3.8) is 0 Å². The molecular weight excluding hydrogens is 493 g/mol. The molecule has 0 amide bonds. The standard InChI is InChI=1S/C25H26F5N7/c1-13(2)22(32-3)16-8-15(9-17(26)21(16)31)23-18(27)10-33-24(36-23)35-20-5-4-14-11-37(12-25(28,29)30)7-6-19(14)34-20/h4-5,8-10,13,31-32H,6-7,11-12H2,1-3H3,(H,33,34,35,36)/b22-16-,31-21?. The highest BCUT2D eigenvalue weighted by Crippen LogP contribution is 2.31. The van der Waals surface area contributed by atoms with Crippen molar-refractivity contribution in [1.82, 2.24) is 25.2 Å². The summed E-state index contributed by atoms with van der Waals surface area (Å²) < 4.78 is 67.6. The zero-order valence-electron chi connectivity index (χ0n) is 20.5. The van der Waals surface area contributed by atoms with Crippen LogP contribution in [0.1, 0.15) is 30.8 Å². The van der Waals surface area contributed by atoms with Gasteiger partial charge in [-0.2, -0.15) is 13.2 Å². The van der Waals surface area contributed by atoms with E-state index in [4.69, 9.17) is 5.41 Å². The second-order valence-corrected chi connectivity index (χ2v) is 9.09. The Morgan fingerprint density at radius 2 is 1.92 bits per heavy atom. The van der Waals surface area contributed by atoms with Crippen molar-refractivity contribution in [3.8, 4) is 0 Å². The summed E-state index contributed by atoms with van der Waals surface area (Å²) in [6.07, 6.45) is -0.404. The average Bonchev–Trinajstić information content (AvgIpc) is 2.82. The molecule has 1 aliphatic heterocycles. The molecule has 2 aliphatic rings. The summed E-state index contributed by atoms with van der Waals surface area (Å²) in [6.45, 7) is 3.17. The van der Waals surface area contributed by atoms with Crippen LogP contribution >= 0.6 is 0 Å². The highest BCUT2D eigenvalue weighted by molar-refractivity contribution is 6.15. The summed E-state index contributed by atoms with van der Waals surface area (Å²) in [4.78, 5) is 13.9. The van der Waals surface area contributed by atoms with Crippen molar-refractivity contribution in [1.29, 1.82) is 5.41 Å². The van der Waals surface area contributed by atoms with E-state index < -0.39 is 24.4 Å². The Morgan fingerprint density at radius 1 is 1.16 bits per heavy atom. The third kappa shape index (κ3) is 6.01. The zero-order valence-corrected chi connectivity index (χ0v) is 20.5. The fraction of sp³-hybridized carbons (Fsp3) is 0.360. The number of hydrogen-bond acceptors (Lipinski definition) is 7. The molecule has 0 aromatic carbocycles. The van der Waals surface area contributed by atoms with Crippen LogP contribution in [0, 0.1) is 17.1 Å². The van der Waals surface area contributed by atoms with Crippen molar-refractivity contribution in [3.05, 3.63) is 70.3 Å². The molecule has 2 aromatic rings. The minimum atomic E-state index is -4.27. The SMILES string of the molecule is CN/C(=C1/C=C(c2nc(Nc3ccc4c(n3)CCN(CC(F)(F)F)C4)ncc2F)C=C(F)C1=N)C(C)C. The molecule has 0 bridgehead atoms. The molecule has 196 valence electrons. The van der Waals surface area contributed by atoms with Gasteiger partial charge >= 0.3 is 6.18 Å². The molecule has 0 spiro atoms. The second kappa shape index (κ2) is 10.4. The number of alkyl halides is 3.